The first-order chi connectivity index (χ1) is 17.6. The van der Waals surface area contributed by atoms with Crippen molar-refractivity contribution in [2.75, 3.05) is 24.6 Å². The van der Waals surface area contributed by atoms with E-state index in [-0.39, 0.29) is 6.61 Å². The average molecular weight is 523 g/mol. The van der Waals surface area contributed by atoms with Gasteiger partial charge in [0.05, 0.1) is 16.8 Å². The Kier molecular flexibility index (Phi) is 8.39. The molecule has 6 nitrogen and oxygen atoms in total. The smallest absolute Gasteiger partial charge is 0.163 e. The normalized spacial score (nSPS) is 16.9. The summed E-state index contributed by atoms with van der Waals surface area (Å²) in [5.41, 5.74) is 5.12. The van der Waals surface area contributed by atoms with Gasteiger partial charge in [-0.25, -0.2) is 9.97 Å². The molecule has 2 aliphatic rings. The highest BCUT2D eigenvalue weighted by atomic mass is 35.5. The Morgan fingerprint density at radius 1 is 1.22 bits per heavy atom. The molecular formula is C30H39ClN4O2. The fourth-order valence-corrected chi connectivity index (χ4v) is 5.69. The number of nitrogens with one attached hydrogen (secondary N) is 1. The molecule has 198 valence electrons. The molecule has 2 heterocycles. The lowest BCUT2D eigenvalue weighted by atomic mass is 9.71. The van der Waals surface area contributed by atoms with Gasteiger partial charge >= 0.3 is 0 Å². The van der Waals surface area contributed by atoms with Crippen LogP contribution in [0.3, 0.4) is 0 Å². The Morgan fingerprint density at radius 2 is 1.97 bits per heavy atom. The monoisotopic (exact) mass is 522 g/mol. The predicted molar refractivity (Wildman–Crippen MR) is 153 cm³/mol. The second kappa shape index (κ2) is 11.4. The molecule has 1 aliphatic heterocycles. The van der Waals surface area contributed by atoms with Crippen LogP contribution >= 0.6 is 11.6 Å². The van der Waals surface area contributed by atoms with Gasteiger partial charge in [-0.2, -0.15) is 0 Å². The molecule has 0 saturated carbocycles. The van der Waals surface area contributed by atoms with Crippen LogP contribution in [0.4, 0.5) is 5.82 Å². The summed E-state index contributed by atoms with van der Waals surface area (Å²) in [6, 6.07) is 5.44. The number of aliphatic hydroxyl groups is 1. The summed E-state index contributed by atoms with van der Waals surface area (Å²) in [5.74, 6) is 2.04. The van der Waals surface area contributed by atoms with E-state index in [1.807, 2.05) is 26.8 Å². The number of benzene rings is 1. The van der Waals surface area contributed by atoms with Crippen molar-refractivity contribution in [1.82, 2.24) is 9.97 Å². The van der Waals surface area contributed by atoms with Gasteiger partial charge in [0.2, 0.25) is 0 Å². The summed E-state index contributed by atoms with van der Waals surface area (Å²) in [6.45, 7) is 12.1. The van der Waals surface area contributed by atoms with Crippen LogP contribution in [0.5, 0.6) is 5.75 Å². The molecule has 2 N–H and O–H groups in total. The Bertz CT molecular complexity index is 1230. The van der Waals surface area contributed by atoms with Crippen LogP contribution in [0, 0.1) is 17.7 Å². The van der Waals surface area contributed by atoms with Gasteiger partial charge in [-0.05, 0) is 71.6 Å². The highest BCUT2D eigenvalue weighted by Crippen LogP contribution is 2.45. The molecule has 1 saturated heterocycles. The largest absolute Gasteiger partial charge is 0.491 e. The molecule has 1 aromatic heterocycles. The van der Waals surface area contributed by atoms with Gasteiger partial charge in [-0.3, -0.25) is 0 Å². The van der Waals surface area contributed by atoms with Crippen molar-refractivity contribution in [2.45, 2.75) is 72.8 Å². The topological polar surface area (TPSA) is 82.3 Å². The molecule has 1 aliphatic carbocycles. The number of aromatic nitrogens is 2. The lowest BCUT2D eigenvalue weighted by Gasteiger charge is -2.52. The summed E-state index contributed by atoms with van der Waals surface area (Å²) in [4.78, 5) is 12.4. The summed E-state index contributed by atoms with van der Waals surface area (Å²) in [7, 11) is 0. The van der Waals surface area contributed by atoms with E-state index in [1.54, 1.807) is 19.1 Å². The highest BCUT2D eigenvalue weighted by molar-refractivity contribution is 6.33. The first kappa shape index (κ1) is 27.3. The summed E-state index contributed by atoms with van der Waals surface area (Å²) >= 11 is 6.68. The van der Waals surface area contributed by atoms with E-state index in [0.29, 0.717) is 39.7 Å². The van der Waals surface area contributed by atoms with Gasteiger partial charge in [0.1, 0.15) is 18.2 Å². The Morgan fingerprint density at radius 3 is 2.59 bits per heavy atom. The van der Waals surface area contributed by atoms with Gasteiger partial charge in [0.25, 0.3) is 0 Å². The summed E-state index contributed by atoms with van der Waals surface area (Å²) < 4.78 is 5.88. The number of hydrogen-bond donors (Lipinski definition) is 2. The molecule has 7 heteroatoms. The second-order valence-corrected chi connectivity index (χ2v) is 11.2. The zero-order chi connectivity index (χ0) is 26.7. The van der Waals surface area contributed by atoms with Crippen molar-refractivity contribution in [2.24, 2.45) is 5.41 Å². The maximum atomic E-state index is 10.1. The van der Waals surface area contributed by atoms with E-state index in [4.69, 9.17) is 31.7 Å². The molecule has 1 fully saturated rings. The standard InChI is InChI=1S/C30H39ClN4O2/c1-6-10-22(36)16-37-23-11-12-25(31)24(15-23)28-33-27(26(19(2)3)21(5)32)20(4)29(34-28)35-17-30(18-35)13-8-7-9-14-30/h7-8,11-12,15,22,32,36H,6,9-10,13-14,16-18H2,1-5H3/t22-/m1/s1. The molecule has 1 atom stereocenters. The molecule has 1 aromatic carbocycles. The minimum Gasteiger partial charge on any atom is -0.491 e. The van der Waals surface area contributed by atoms with Crippen molar-refractivity contribution >= 4 is 28.7 Å². The van der Waals surface area contributed by atoms with Gasteiger partial charge < -0.3 is 20.2 Å². The van der Waals surface area contributed by atoms with E-state index in [2.05, 4.69) is 24.0 Å². The third-order valence-electron chi connectivity index (χ3n) is 7.39. The van der Waals surface area contributed by atoms with E-state index in [0.717, 1.165) is 60.6 Å². The molecule has 0 unspecified atom stereocenters. The van der Waals surface area contributed by atoms with Crippen molar-refractivity contribution in [3.63, 3.8) is 0 Å². The minimum absolute atomic E-state index is 0.222. The molecule has 0 radical (unpaired) electrons. The molecular weight excluding hydrogens is 484 g/mol. The number of allylic oxidation sites excluding steroid dienone is 4. The number of anilines is 1. The number of ether oxygens (including phenoxy) is 1. The molecule has 2 aromatic rings. The average Bonchev–Trinajstić information content (AvgIpc) is 2.83. The number of aliphatic hydroxyl groups excluding tert-OH is 1. The Hall–Kier alpha value is -2.70. The Balaban J connectivity index is 1.76. The first-order valence-corrected chi connectivity index (χ1v) is 13.6. The van der Waals surface area contributed by atoms with Crippen molar-refractivity contribution < 1.29 is 9.84 Å². The number of rotatable bonds is 9. The molecule has 0 bridgehead atoms. The van der Waals surface area contributed by atoms with E-state index in [1.165, 1.54) is 6.42 Å². The maximum absolute atomic E-state index is 10.1. The predicted octanol–water partition coefficient (Wildman–Crippen LogP) is 7.02. The van der Waals surface area contributed by atoms with Crippen LogP contribution in [-0.4, -0.2) is 46.6 Å². The van der Waals surface area contributed by atoms with Crippen LogP contribution in [0.2, 0.25) is 5.02 Å². The molecule has 1 spiro atoms. The summed E-state index contributed by atoms with van der Waals surface area (Å²) in [5, 5.41) is 19.1. The van der Waals surface area contributed by atoms with Gasteiger partial charge in [0, 0.05) is 40.9 Å². The van der Waals surface area contributed by atoms with Gasteiger partial charge in [-0.15, -0.1) is 0 Å². The molecule has 37 heavy (non-hydrogen) atoms. The van der Waals surface area contributed by atoms with Crippen molar-refractivity contribution in [3.8, 4) is 17.1 Å². The zero-order valence-electron chi connectivity index (χ0n) is 22.7. The van der Waals surface area contributed by atoms with Crippen LogP contribution in [0.15, 0.2) is 35.9 Å². The molecule has 0 amide bonds. The number of hydrogen-bond acceptors (Lipinski definition) is 6. The third kappa shape index (κ3) is 5.91. The highest BCUT2D eigenvalue weighted by Gasteiger charge is 2.43. The Labute approximate surface area is 225 Å². The van der Waals surface area contributed by atoms with Crippen LogP contribution in [0.1, 0.15) is 71.1 Å². The lowest BCUT2D eigenvalue weighted by molar-refractivity contribution is 0.0994. The quantitative estimate of drug-likeness (QED) is 0.273. The lowest BCUT2D eigenvalue weighted by Crippen LogP contribution is -2.57. The number of halogens is 1. The van der Waals surface area contributed by atoms with Gasteiger partial charge in [-0.1, -0.05) is 42.7 Å². The first-order valence-electron chi connectivity index (χ1n) is 13.3. The molecule has 4 rings (SSSR count). The van der Waals surface area contributed by atoms with Crippen molar-refractivity contribution in [3.05, 3.63) is 52.2 Å². The van der Waals surface area contributed by atoms with Gasteiger partial charge in [0.15, 0.2) is 5.82 Å². The zero-order valence-corrected chi connectivity index (χ0v) is 23.5. The van der Waals surface area contributed by atoms with Crippen LogP contribution in [-0.2, 0) is 0 Å². The van der Waals surface area contributed by atoms with Crippen LogP contribution in [0.25, 0.3) is 17.0 Å². The third-order valence-corrected chi connectivity index (χ3v) is 7.72. The fourth-order valence-electron chi connectivity index (χ4n) is 5.48. The maximum Gasteiger partial charge on any atom is 0.163 e. The van der Waals surface area contributed by atoms with E-state index in [9.17, 15) is 5.11 Å². The second-order valence-electron chi connectivity index (χ2n) is 10.8. The van der Waals surface area contributed by atoms with E-state index >= 15 is 0 Å². The van der Waals surface area contributed by atoms with Crippen LogP contribution < -0.4 is 9.64 Å². The SMILES string of the molecule is CCC[C@@H](O)COc1ccc(Cl)c(-c2nc(C(C(C)=N)=C(C)C)c(C)c(N3CC4(CC=CCC4)C3)n2)c1. The minimum atomic E-state index is -0.512. The number of nitrogens with zero attached hydrogens (tertiary/aromatic N) is 3. The summed E-state index contributed by atoms with van der Waals surface area (Å²) in [6.07, 6.45) is 9.12. The van der Waals surface area contributed by atoms with E-state index < -0.39 is 6.10 Å². The van der Waals surface area contributed by atoms with Crippen molar-refractivity contribution in [1.29, 1.82) is 5.41 Å². The fraction of sp³-hybridized carbons (Fsp3) is 0.500.